The normalized spacial score (nSPS) is 12.0. The van der Waals surface area contributed by atoms with Crippen molar-refractivity contribution in [1.82, 2.24) is 4.57 Å². The van der Waals surface area contributed by atoms with E-state index in [9.17, 15) is 0 Å². The molecule has 0 N–H and O–H groups in total. The highest BCUT2D eigenvalue weighted by atomic mass is 16.3. The van der Waals surface area contributed by atoms with Crippen LogP contribution in [0.25, 0.3) is 104 Å². The van der Waals surface area contributed by atoms with E-state index in [2.05, 4.69) is 174 Å². The molecule has 2 heteroatoms. The molecule has 0 atom stereocenters. The molecule has 0 aliphatic carbocycles. The second kappa shape index (κ2) is 10.4. The third-order valence-corrected chi connectivity index (χ3v) is 10.6. The Morgan fingerprint density at radius 2 is 0.800 bits per heavy atom. The molecule has 0 spiro atoms. The zero-order valence-electron chi connectivity index (χ0n) is 27.1. The summed E-state index contributed by atoms with van der Waals surface area (Å²) in [4.78, 5) is 0. The number of rotatable bonds is 3. The predicted molar refractivity (Wildman–Crippen MR) is 211 cm³/mol. The molecule has 2 aromatic heterocycles. The quantitative estimate of drug-likeness (QED) is 0.177. The van der Waals surface area contributed by atoms with E-state index in [1.807, 2.05) is 6.07 Å². The van der Waals surface area contributed by atoms with Crippen LogP contribution in [0.5, 0.6) is 0 Å². The zero-order chi connectivity index (χ0) is 32.8. The molecule has 11 aromatic rings. The third kappa shape index (κ3) is 3.90. The third-order valence-electron chi connectivity index (χ3n) is 10.6. The average Bonchev–Trinajstić information content (AvgIpc) is 3.73. The van der Waals surface area contributed by atoms with Gasteiger partial charge in [0, 0.05) is 21.5 Å². The molecule has 0 saturated carbocycles. The van der Waals surface area contributed by atoms with E-state index in [0.29, 0.717) is 0 Å². The van der Waals surface area contributed by atoms with Crippen LogP contribution in [0.4, 0.5) is 0 Å². The molecule has 9 aromatic carbocycles. The van der Waals surface area contributed by atoms with Gasteiger partial charge in [0.15, 0.2) is 5.58 Å². The largest absolute Gasteiger partial charge is 0.454 e. The van der Waals surface area contributed by atoms with Crippen LogP contribution in [0.2, 0.25) is 0 Å². The van der Waals surface area contributed by atoms with Crippen LogP contribution in [0.1, 0.15) is 0 Å². The summed E-state index contributed by atoms with van der Waals surface area (Å²) in [7, 11) is 0. The molecule has 0 bridgehead atoms. The first kappa shape index (κ1) is 27.3. The van der Waals surface area contributed by atoms with Crippen molar-refractivity contribution in [2.45, 2.75) is 0 Å². The SMILES string of the molecule is c1cc(-c2ccc3c4ccccc4c4ccccc4c3c2)cc(-c2ccc3c4ccccc4n(-c4cccc5c4oc4ccccc45)c3c2)c1. The second-order valence-corrected chi connectivity index (χ2v) is 13.3. The van der Waals surface area contributed by atoms with Crippen molar-refractivity contribution in [3.8, 4) is 27.9 Å². The van der Waals surface area contributed by atoms with Gasteiger partial charge in [-0.3, -0.25) is 0 Å². The first-order chi connectivity index (χ1) is 24.8. The van der Waals surface area contributed by atoms with E-state index in [4.69, 9.17) is 4.42 Å². The zero-order valence-corrected chi connectivity index (χ0v) is 27.1. The van der Waals surface area contributed by atoms with Crippen molar-refractivity contribution in [2.24, 2.45) is 0 Å². The Hall–Kier alpha value is -6.64. The van der Waals surface area contributed by atoms with Crippen molar-refractivity contribution in [3.63, 3.8) is 0 Å². The summed E-state index contributed by atoms with van der Waals surface area (Å²) >= 11 is 0. The predicted octanol–water partition coefficient (Wildman–Crippen LogP) is 13.5. The Bertz CT molecular complexity index is 3120. The lowest BCUT2D eigenvalue weighted by molar-refractivity contribution is 0.666. The minimum absolute atomic E-state index is 0.903. The molecule has 232 valence electrons. The topological polar surface area (TPSA) is 18.1 Å². The molecule has 0 unspecified atom stereocenters. The highest BCUT2D eigenvalue weighted by Crippen LogP contribution is 2.41. The molecule has 0 aliphatic heterocycles. The van der Waals surface area contributed by atoms with Crippen LogP contribution in [0.15, 0.2) is 180 Å². The highest BCUT2D eigenvalue weighted by Gasteiger charge is 2.18. The average molecular weight is 636 g/mol. The van der Waals surface area contributed by atoms with Crippen LogP contribution < -0.4 is 0 Å². The number of nitrogens with zero attached hydrogens (tertiary/aromatic N) is 1. The Labute approximate surface area is 288 Å². The summed E-state index contributed by atoms with van der Waals surface area (Å²) in [6.07, 6.45) is 0. The molecule has 0 saturated heterocycles. The van der Waals surface area contributed by atoms with Crippen LogP contribution in [-0.4, -0.2) is 4.57 Å². The molecule has 50 heavy (non-hydrogen) atoms. The van der Waals surface area contributed by atoms with Gasteiger partial charge in [0.2, 0.25) is 0 Å². The summed E-state index contributed by atoms with van der Waals surface area (Å²) < 4.78 is 8.92. The fourth-order valence-corrected chi connectivity index (χ4v) is 8.28. The number of furan rings is 1. The number of para-hydroxylation sites is 3. The Kier molecular flexibility index (Phi) is 5.70. The van der Waals surface area contributed by atoms with Gasteiger partial charge in [-0.25, -0.2) is 0 Å². The van der Waals surface area contributed by atoms with Gasteiger partial charge in [-0.05, 0) is 91.0 Å². The van der Waals surface area contributed by atoms with Gasteiger partial charge in [0.1, 0.15) is 5.58 Å². The molecule has 0 amide bonds. The maximum absolute atomic E-state index is 6.54. The maximum Gasteiger partial charge on any atom is 0.159 e. The molecule has 0 radical (unpaired) electrons. The van der Waals surface area contributed by atoms with E-state index in [1.165, 1.54) is 65.3 Å². The summed E-state index contributed by atoms with van der Waals surface area (Å²) in [5.41, 5.74) is 9.96. The lowest BCUT2D eigenvalue weighted by Gasteiger charge is -2.13. The fraction of sp³-hybridized carbons (Fsp3) is 0. The van der Waals surface area contributed by atoms with E-state index >= 15 is 0 Å². The van der Waals surface area contributed by atoms with Gasteiger partial charge in [0.05, 0.1) is 16.7 Å². The van der Waals surface area contributed by atoms with Gasteiger partial charge in [-0.15, -0.1) is 0 Å². The molecule has 11 rings (SSSR count). The second-order valence-electron chi connectivity index (χ2n) is 13.3. The smallest absolute Gasteiger partial charge is 0.159 e. The number of hydrogen-bond acceptors (Lipinski definition) is 1. The van der Waals surface area contributed by atoms with E-state index in [-0.39, 0.29) is 0 Å². The molecule has 2 heterocycles. The van der Waals surface area contributed by atoms with Gasteiger partial charge >= 0.3 is 0 Å². The summed E-state index contributed by atoms with van der Waals surface area (Å²) in [6, 6.07) is 63.8. The van der Waals surface area contributed by atoms with Crippen molar-refractivity contribution in [2.75, 3.05) is 0 Å². The molecule has 0 fully saturated rings. The van der Waals surface area contributed by atoms with E-state index in [0.717, 1.165) is 38.7 Å². The number of fused-ring (bicyclic) bond motifs is 12. The van der Waals surface area contributed by atoms with Crippen LogP contribution in [-0.2, 0) is 0 Å². The van der Waals surface area contributed by atoms with Crippen LogP contribution in [0.3, 0.4) is 0 Å². The van der Waals surface area contributed by atoms with Crippen molar-refractivity contribution >= 4 is 76.1 Å². The summed E-state index contributed by atoms with van der Waals surface area (Å²) in [5, 5.41) is 12.5. The highest BCUT2D eigenvalue weighted by molar-refractivity contribution is 6.25. The molecule has 2 nitrogen and oxygen atoms in total. The fourth-order valence-electron chi connectivity index (χ4n) is 8.28. The number of aromatic nitrogens is 1. The molecular weight excluding hydrogens is 607 g/mol. The standard InChI is InChI=1S/C48H29NO/c1-2-15-36-34(13-1)35-14-3-4-16-37(35)43-28-32(23-25-38(36)43)30-11-9-12-31(27-30)33-24-26-40-39-17-5-7-20-44(39)49(46(40)29-33)45-21-10-19-42-41-18-6-8-22-47(41)50-48(42)45/h1-29H. The van der Waals surface area contributed by atoms with Gasteiger partial charge in [0.25, 0.3) is 0 Å². The van der Waals surface area contributed by atoms with Crippen LogP contribution >= 0.6 is 0 Å². The number of benzene rings is 9. The first-order valence-corrected chi connectivity index (χ1v) is 17.2. The summed E-state index contributed by atoms with van der Waals surface area (Å²) in [5.74, 6) is 0. The minimum Gasteiger partial charge on any atom is -0.454 e. The molecule has 0 aliphatic rings. The lowest BCUT2D eigenvalue weighted by atomic mass is 9.91. The van der Waals surface area contributed by atoms with E-state index < -0.39 is 0 Å². The van der Waals surface area contributed by atoms with Gasteiger partial charge in [-0.2, -0.15) is 0 Å². The van der Waals surface area contributed by atoms with Crippen molar-refractivity contribution in [3.05, 3.63) is 176 Å². The van der Waals surface area contributed by atoms with Crippen LogP contribution in [0, 0.1) is 0 Å². The van der Waals surface area contributed by atoms with Crippen molar-refractivity contribution < 1.29 is 4.42 Å². The summed E-state index contributed by atoms with van der Waals surface area (Å²) in [6.45, 7) is 0. The minimum atomic E-state index is 0.903. The Balaban J connectivity index is 1.10. The monoisotopic (exact) mass is 635 g/mol. The van der Waals surface area contributed by atoms with Gasteiger partial charge < -0.3 is 8.98 Å². The Morgan fingerprint density at radius 1 is 0.300 bits per heavy atom. The Morgan fingerprint density at radius 3 is 1.54 bits per heavy atom. The molecular formula is C48H29NO. The maximum atomic E-state index is 6.54. The first-order valence-electron chi connectivity index (χ1n) is 17.2. The van der Waals surface area contributed by atoms with Crippen molar-refractivity contribution in [1.29, 1.82) is 0 Å². The lowest BCUT2D eigenvalue weighted by Crippen LogP contribution is -1.94. The number of hydrogen-bond donors (Lipinski definition) is 0. The van der Waals surface area contributed by atoms with E-state index in [1.54, 1.807) is 0 Å². The van der Waals surface area contributed by atoms with Gasteiger partial charge in [-0.1, -0.05) is 140 Å².